The zero-order chi connectivity index (χ0) is 10.5. The second kappa shape index (κ2) is 5.07. The number of aromatic nitrogens is 2. The van der Waals surface area contributed by atoms with Gasteiger partial charge >= 0.3 is 0 Å². The minimum Gasteiger partial charge on any atom is -0.475 e. The Labute approximate surface area is 89.6 Å². The number of nitrogens with zero attached hydrogens (tertiary/aromatic N) is 2. The average molecular weight is 208 g/mol. The Morgan fingerprint density at radius 1 is 1.47 bits per heavy atom. The van der Waals surface area contributed by atoms with Gasteiger partial charge in [-0.2, -0.15) is 0 Å². The Hall–Kier alpha value is -1.16. The molecule has 4 nitrogen and oxygen atoms in total. The highest BCUT2D eigenvalue weighted by atomic mass is 16.5. The quantitative estimate of drug-likeness (QED) is 0.758. The first-order valence-electron chi connectivity index (χ1n) is 5.37. The van der Waals surface area contributed by atoms with Crippen LogP contribution in [0.25, 0.3) is 0 Å². The molecule has 0 amide bonds. The van der Waals surface area contributed by atoms with Crippen LogP contribution in [-0.4, -0.2) is 29.3 Å². The van der Waals surface area contributed by atoms with E-state index in [2.05, 4.69) is 9.97 Å². The minimum atomic E-state index is 0.231. The van der Waals surface area contributed by atoms with E-state index in [1.54, 1.807) is 0 Å². The number of hydrogen-bond acceptors (Lipinski definition) is 4. The van der Waals surface area contributed by atoms with Gasteiger partial charge in [0.05, 0.1) is 6.10 Å². The van der Waals surface area contributed by atoms with E-state index in [1.165, 1.54) is 19.2 Å². The standard InChI is InChI=1S/C11H16N2O2/c1-9-6-11(13-8-12-9)15-7-10-4-2-3-5-14-10/h6,8,10H,2-5,7H2,1H3. The molecule has 0 bridgehead atoms. The molecule has 15 heavy (non-hydrogen) atoms. The molecular formula is C11H16N2O2. The topological polar surface area (TPSA) is 44.2 Å². The monoisotopic (exact) mass is 208 g/mol. The second-order valence-corrected chi connectivity index (χ2v) is 3.80. The van der Waals surface area contributed by atoms with Gasteiger partial charge in [0.15, 0.2) is 0 Å². The highest BCUT2D eigenvalue weighted by Crippen LogP contribution is 2.14. The SMILES string of the molecule is Cc1cc(OCC2CCCCO2)ncn1. The molecule has 0 spiro atoms. The van der Waals surface area contributed by atoms with Crippen molar-refractivity contribution in [3.05, 3.63) is 18.1 Å². The molecule has 0 saturated carbocycles. The van der Waals surface area contributed by atoms with Gasteiger partial charge in [-0.05, 0) is 26.2 Å². The van der Waals surface area contributed by atoms with E-state index in [-0.39, 0.29) is 6.10 Å². The molecule has 0 N–H and O–H groups in total. The van der Waals surface area contributed by atoms with Gasteiger partial charge in [-0.1, -0.05) is 0 Å². The lowest BCUT2D eigenvalue weighted by Gasteiger charge is -2.22. The molecule has 1 aromatic rings. The summed E-state index contributed by atoms with van der Waals surface area (Å²) in [5.41, 5.74) is 0.921. The lowest BCUT2D eigenvalue weighted by Crippen LogP contribution is -2.26. The van der Waals surface area contributed by atoms with Gasteiger partial charge in [-0.15, -0.1) is 0 Å². The summed E-state index contributed by atoms with van der Waals surface area (Å²) in [5.74, 6) is 0.636. The maximum atomic E-state index is 5.56. The molecule has 2 rings (SSSR count). The fourth-order valence-corrected chi connectivity index (χ4v) is 1.63. The highest BCUT2D eigenvalue weighted by Gasteiger charge is 2.14. The van der Waals surface area contributed by atoms with E-state index in [4.69, 9.17) is 9.47 Å². The van der Waals surface area contributed by atoms with Crippen molar-refractivity contribution in [2.24, 2.45) is 0 Å². The summed E-state index contributed by atoms with van der Waals surface area (Å²) in [6, 6.07) is 1.84. The summed E-state index contributed by atoms with van der Waals surface area (Å²) in [6.45, 7) is 3.37. The molecule has 4 heteroatoms. The number of hydrogen-bond donors (Lipinski definition) is 0. The van der Waals surface area contributed by atoms with Crippen LogP contribution >= 0.6 is 0 Å². The van der Waals surface area contributed by atoms with E-state index in [0.717, 1.165) is 18.7 Å². The van der Waals surface area contributed by atoms with Gasteiger partial charge in [0, 0.05) is 18.4 Å². The molecule has 1 aromatic heterocycles. The molecule has 1 unspecified atom stereocenters. The van der Waals surface area contributed by atoms with Crippen LogP contribution in [0.1, 0.15) is 25.0 Å². The van der Waals surface area contributed by atoms with Crippen LogP contribution in [0.2, 0.25) is 0 Å². The van der Waals surface area contributed by atoms with E-state index in [9.17, 15) is 0 Å². The Morgan fingerprint density at radius 2 is 2.40 bits per heavy atom. The highest BCUT2D eigenvalue weighted by molar-refractivity contribution is 5.11. The van der Waals surface area contributed by atoms with E-state index in [1.807, 2.05) is 13.0 Å². The Morgan fingerprint density at radius 3 is 3.13 bits per heavy atom. The van der Waals surface area contributed by atoms with Crippen LogP contribution in [0.15, 0.2) is 12.4 Å². The van der Waals surface area contributed by atoms with Gasteiger partial charge in [0.2, 0.25) is 5.88 Å². The number of rotatable bonds is 3. The maximum absolute atomic E-state index is 5.56. The molecule has 0 aliphatic carbocycles. The Bertz CT molecular complexity index is 311. The summed E-state index contributed by atoms with van der Waals surface area (Å²) >= 11 is 0. The van der Waals surface area contributed by atoms with Crippen molar-refractivity contribution in [2.75, 3.05) is 13.2 Å². The largest absolute Gasteiger partial charge is 0.475 e. The van der Waals surface area contributed by atoms with Crippen LogP contribution < -0.4 is 4.74 Å². The van der Waals surface area contributed by atoms with Crippen LogP contribution in [0.3, 0.4) is 0 Å². The molecule has 82 valence electrons. The lowest BCUT2D eigenvalue weighted by atomic mass is 10.1. The van der Waals surface area contributed by atoms with Gasteiger partial charge < -0.3 is 9.47 Å². The van der Waals surface area contributed by atoms with Crippen LogP contribution in [0.4, 0.5) is 0 Å². The summed E-state index contributed by atoms with van der Waals surface area (Å²) in [6.07, 6.45) is 5.24. The normalized spacial score (nSPS) is 21.3. The van der Waals surface area contributed by atoms with Gasteiger partial charge in [0.25, 0.3) is 0 Å². The predicted octanol–water partition coefficient (Wildman–Crippen LogP) is 1.73. The minimum absolute atomic E-state index is 0.231. The third-order valence-electron chi connectivity index (χ3n) is 2.47. The van der Waals surface area contributed by atoms with Gasteiger partial charge in [-0.25, -0.2) is 9.97 Å². The molecule has 1 atom stereocenters. The van der Waals surface area contributed by atoms with Crippen molar-refractivity contribution in [3.63, 3.8) is 0 Å². The lowest BCUT2D eigenvalue weighted by molar-refractivity contribution is -0.0119. The third kappa shape index (κ3) is 3.16. The first kappa shape index (κ1) is 10.4. The van der Waals surface area contributed by atoms with Crippen molar-refractivity contribution >= 4 is 0 Å². The molecule has 0 radical (unpaired) electrons. The second-order valence-electron chi connectivity index (χ2n) is 3.80. The van der Waals surface area contributed by atoms with Crippen molar-refractivity contribution in [3.8, 4) is 5.88 Å². The smallest absolute Gasteiger partial charge is 0.216 e. The molecule has 1 saturated heterocycles. The number of ether oxygens (including phenoxy) is 2. The number of aryl methyl sites for hydroxylation is 1. The Balaban J connectivity index is 1.81. The fraction of sp³-hybridized carbons (Fsp3) is 0.636. The van der Waals surface area contributed by atoms with Crippen molar-refractivity contribution < 1.29 is 9.47 Å². The molecule has 1 aliphatic heterocycles. The first-order valence-corrected chi connectivity index (χ1v) is 5.37. The van der Waals surface area contributed by atoms with Gasteiger partial charge in [-0.3, -0.25) is 0 Å². The molecular weight excluding hydrogens is 192 g/mol. The molecule has 0 aromatic carbocycles. The predicted molar refractivity (Wildman–Crippen MR) is 55.9 cm³/mol. The van der Waals surface area contributed by atoms with Crippen LogP contribution in [0.5, 0.6) is 5.88 Å². The summed E-state index contributed by atoms with van der Waals surface area (Å²) in [7, 11) is 0. The zero-order valence-electron chi connectivity index (χ0n) is 8.98. The van der Waals surface area contributed by atoms with Crippen LogP contribution in [-0.2, 0) is 4.74 Å². The third-order valence-corrected chi connectivity index (χ3v) is 2.47. The Kier molecular flexibility index (Phi) is 3.50. The van der Waals surface area contributed by atoms with Crippen molar-refractivity contribution in [1.82, 2.24) is 9.97 Å². The summed E-state index contributed by atoms with van der Waals surface area (Å²) < 4.78 is 11.1. The van der Waals surface area contributed by atoms with E-state index >= 15 is 0 Å². The van der Waals surface area contributed by atoms with Gasteiger partial charge in [0.1, 0.15) is 12.9 Å². The van der Waals surface area contributed by atoms with Crippen molar-refractivity contribution in [2.45, 2.75) is 32.3 Å². The van der Waals surface area contributed by atoms with Crippen molar-refractivity contribution in [1.29, 1.82) is 0 Å². The van der Waals surface area contributed by atoms with E-state index < -0.39 is 0 Å². The average Bonchev–Trinajstić information content (AvgIpc) is 2.28. The summed E-state index contributed by atoms with van der Waals surface area (Å²) in [4.78, 5) is 8.05. The fourth-order valence-electron chi connectivity index (χ4n) is 1.63. The first-order chi connectivity index (χ1) is 7.34. The summed E-state index contributed by atoms with van der Waals surface area (Å²) in [5, 5.41) is 0. The molecule has 1 aliphatic rings. The van der Waals surface area contributed by atoms with E-state index in [0.29, 0.717) is 12.5 Å². The zero-order valence-corrected chi connectivity index (χ0v) is 8.98. The molecule has 1 fully saturated rings. The molecule has 2 heterocycles. The van der Waals surface area contributed by atoms with Crippen LogP contribution in [0, 0.1) is 6.92 Å². The maximum Gasteiger partial charge on any atom is 0.216 e.